The Morgan fingerprint density at radius 2 is 1.95 bits per heavy atom. The molecular weight excluding hydrogens is 268 g/mol. The highest BCUT2D eigenvalue weighted by Crippen LogP contribution is 2.31. The van der Waals surface area contributed by atoms with Crippen molar-refractivity contribution in [1.82, 2.24) is 5.32 Å². The third-order valence-corrected chi connectivity index (χ3v) is 3.01. The summed E-state index contributed by atoms with van der Waals surface area (Å²) in [6.45, 7) is 4.94. The van der Waals surface area contributed by atoms with E-state index in [0.29, 0.717) is 36.3 Å². The molecule has 2 amide bonds. The van der Waals surface area contributed by atoms with E-state index in [0.717, 1.165) is 0 Å². The summed E-state index contributed by atoms with van der Waals surface area (Å²) >= 11 is 0. The van der Waals surface area contributed by atoms with Gasteiger partial charge < -0.3 is 20.1 Å². The minimum absolute atomic E-state index is 0.265. The van der Waals surface area contributed by atoms with E-state index in [9.17, 15) is 4.79 Å². The molecule has 1 aliphatic rings. The predicted octanol–water partition coefficient (Wildman–Crippen LogP) is 3.53. The van der Waals surface area contributed by atoms with Crippen LogP contribution in [0, 0.1) is 5.92 Å². The first-order valence-corrected chi connectivity index (χ1v) is 7.36. The van der Waals surface area contributed by atoms with Gasteiger partial charge in [0.25, 0.3) is 0 Å². The molecule has 0 atom stereocenters. The maximum Gasteiger partial charge on any atom is 0.323 e. The first-order chi connectivity index (χ1) is 10.2. The maximum absolute atomic E-state index is 11.7. The number of amides is 2. The number of nitrogens with one attached hydrogen (secondary N) is 2. The zero-order valence-corrected chi connectivity index (χ0v) is 12.5. The second-order valence-electron chi connectivity index (χ2n) is 4.82. The second kappa shape index (κ2) is 7.57. The van der Waals surface area contributed by atoms with Crippen molar-refractivity contribution in [3.63, 3.8) is 0 Å². The van der Waals surface area contributed by atoms with Gasteiger partial charge in [-0.2, -0.15) is 0 Å². The van der Waals surface area contributed by atoms with Gasteiger partial charge in [0.05, 0.1) is 13.2 Å². The fraction of sp³-hybridized carbons (Fsp3) is 0.438. The van der Waals surface area contributed by atoms with Crippen LogP contribution in [-0.2, 0) is 0 Å². The number of urea groups is 1. The first-order valence-electron chi connectivity index (χ1n) is 7.36. The minimum Gasteiger partial charge on any atom is -0.490 e. The van der Waals surface area contributed by atoms with Gasteiger partial charge in [-0.3, -0.25) is 0 Å². The molecule has 21 heavy (non-hydrogen) atoms. The number of rotatable bonds is 7. The third-order valence-electron chi connectivity index (χ3n) is 3.01. The van der Waals surface area contributed by atoms with Gasteiger partial charge in [0.1, 0.15) is 0 Å². The SMILES string of the molecule is CCOc1ccc(NC(=O)N/C=C/C2CC2)cc1OCC. The molecule has 1 saturated carbocycles. The van der Waals surface area contributed by atoms with Crippen molar-refractivity contribution in [2.75, 3.05) is 18.5 Å². The molecule has 1 aliphatic carbocycles. The molecule has 114 valence electrons. The number of allylic oxidation sites excluding steroid dienone is 1. The molecule has 0 saturated heterocycles. The highest BCUT2D eigenvalue weighted by molar-refractivity contribution is 5.90. The van der Waals surface area contributed by atoms with Gasteiger partial charge in [-0.25, -0.2) is 4.79 Å². The average Bonchev–Trinajstić information content (AvgIpc) is 3.26. The lowest BCUT2D eigenvalue weighted by molar-refractivity contribution is 0.255. The van der Waals surface area contributed by atoms with E-state index in [1.165, 1.54) is 12.8 Å². The van der Waals surface area contributed by atoms with Gasteiger partial charge >= 0.3 is 6.03 Å². The quantitative estimate of drug-likeness (QED) is 0.807. The molecule has 0 aromatic heterocycles. The number of benzene rings is 1. The van der Waals surface area contributed by atoms with Crippen molar-refractivity contribution in [3.8, 4) is 11.5 Å². The zero-order valence-electron chi connectivity index (χ0n) is 12.5. The van der Waals surface area contributed by atoms with E-state index in [-0.39, 0.29) is 6.03 Å². The van der Waals surface area contributed by atoms with Crippen molar-refractivity contribution in [2.24, 2.45) is 5.92 Å². The van der Waals surface area contributed by atoms with Crippen LogP contribution < -0.4 is 20.1 Å². The van der Waals surface area contributed by atoms with Crippen LogP contribution in [0.25, 0.3) is 0 Å². The summed E-state index contributed by atoms with van der Waals surface area (Å²) in [6, 6.07) is 5.08. The van der Waals surface area contributed by atoms with E-state index < -0.39 is 0 Å². The summed E-state index contributed by atoms with van der Waals surface area (Å²) in [6.07, 6.45) is 6.15. The smallest absolute Gasteiger partial charge is 0.323 e. The Balaban J connectivity index is 1.94. The van der Waals surface area contributed by atoms with Crippen LogP contribution in [0.1, 0.15) is 26.7 Å². The number of carbonyl (C=O) groups is 1. The van der Waals surface area contributed by atoms with Crippen molar-refractivity contribution in [2.45, 2.75) is 26.7 Å². The van der Waals surface area contributed by atoms with Crippen molar-refractivity contribution < 1.29 is 14.3 Å². The lowest BCUT2D eigenvalue weighted by Gasteiger charge is -2.12. The number of anilines is 1. The van der Waals surface area contributed by atoms with Gasteiger partial charge in [-0.15, -0.1) is 0 Å². The van der Waals surface area contributed by atoms with Gasteiger partial charge in [0, 0.05) is 18.0 Å². The molecule has 1 aromatic carbocycles. The molecule has 0 unspecified atom stereocenters. The number of carbonyl (C=O) groups excluding carboxylic acids is 1. The molecular formula is C16H22N2O3. The Bertz CT molecular complexity index is 510. The molecule has 1 fully saturated rings. The van der Waals surface area contributed by atoms with Crippen molar-refractivity contribution in [1.29, 1.82) is 0 Å². The third kappa shape index (κ3) is 5.02. The Kier molecular flexibility index (Phi) is 5.49. The van der Waals surface area contributed by atoms with E-state index in [1.54, 1.807) is 24.4 Å². The lowest BCUT2D eigenvalue weighted by atomic mass is 10.2. The monoisotopic (exact) mass is 290 g/mol. The molecule has 2 rings (SSSR count). The fourth-order valence-corrected chi connectivity index (χ4v) is 1.84. The van der Waals surface area contributed by atoms with Gasteiger partial charge in [-0.05, 0) is 44.7 Å². The number of hydrogen-bond donors (Lipinski definition) is 2. The standard InChI is InChI=1S/C16H22N2O3/c1-3-20-14-8-7-13(11-15(14)21-4-2)18-16(19)17-10-9-12-5-6-12/h7-12H,3-6H2,1-2H3,(H2,17,18,19)/b10-9+. The van der Waals surface area contributed by atoms with E-state index in [4.69, 9.17) is 9.47 Å². The van der Waals surface area contributed by atoms with Crippen LogP contribution in [0.15, 0.2) is 30.5 Å². The maximum atomic E-state index is 11.7. The molecule has 2 N–H and O–H groups in total. The molecule has 0 bridgehead atoms. The first kappa shape index (κ1) is 15.2. The summed E-state index contributed by atoms with van der Waals surface area (Å²) in [5, 5.41) is 5.46. The van der Waals surface area contributed by atoms with Crippen LogP contribution in [0.2, 0.25) is 0 Å². The summed E-state index contributed by atoms with van der Waals surface area (Å²) < 4.78 is 11.0. The second-order valence-corrected chi connectivity index (χ2v) is 4.82. The highest BCUT2D eigenvalue weighted by Gasteiger charge is 2.17. The summed E-state index contributed by atoms with van der Waals surface area (Å²) in [4.78, 5) is 11.7. The molecule has 0 heterocycles. The van der Waals surface area contributed by atoms with Crippen molar-refractivity contribution in [3.05, 3.63) is 30.5 Å². The predicted molar refractivity (Wildman–Crippen MR) is 82.8 cm³/mol. The van der Waals surface area contributed by atoms with Crippen LogP contribution in [-0.4, -0.2) is 19.2 Å². The number of hydrogen-bond acceptors (Lipinski definition) is 3. The highest BCUT2D eigenvalue weighted by atomic mass is 16.5. The summed E-state index contributed by atoms with van der Waals surface area (Å²) in [5.74, 6) is 1.95. The largest absolute Gasteiger partial charge is 0.490 e. The normalized spacial score (nSPS) is 14.0. The Hall–Kier alpha value is -2.17. The van der Waals surface area contributed by atoms with Gasteiger partial charge in [-0.1, -0.05) is 6.08 Å². The zero-order chi connectivity index (χ0) is 15.1. The van der Waals surface area contributed by atoms with Gasteiger partial charge in [0.2, 0.25) is 0 Å². The lowest BCUT2D eigenvalue weighted by Crippen LogP contribution is -2.23. The summed E-state index contributed by atoms with van der Waals surface area (Å²) in [5.41, 5.74) is 0.666. The van der Waals surface area contributed by atoms with E-state index >= 15 is 0 Å². The molecule has 0 aliphatic heterocycles. The minimum atomic E-state index is -0.265. The summed E-state index contributed by atoms with van der Waals surface area (Å²) in [7, 11) is 0. The molecule has 1 aromatic rings. The van der Waals surface area contributed by atoms with Gasteiger partial charge in [0.15, 0.2) is 11.5 Å². The Morgan fingerprint density at radius 3 is 2.62 bits per heavy atom. The van der Waals surface area contributed by atoms with Crippen molar-refractivity contribution >= 4 is 11.7 Å². The molecule has 5 heteroatoms. The fourth-order valence-electron chi connectivity index (χ4n) is 1.84. The molecule has 5 nitrogen and oxygen atoms in total. The Morgan fingerprint density at radius 1 is 1.24 bits per heavy atom. The average molecular weight is 290 g/mol. The van der Waals surface area contributed by atoms with Crippen LogP contribution in [0.5, 0.6) is 11.5 Å². The molecule has 0 spiro atoms. The molecule has 0 radical (unpaired) electrons. The van der Waals surface area contributed by atoms with E-state index in [2.05, 4.69) is 10.6 Å². The number of ether oxygens (including phenoxy) is 2. The van der Waals surface area contributed by atoms with Crippen LogP contribution >= 0.6 is 0 Å². The van der Waals surface area contributed by atoms with E-state index in [1.807, 2.05) is 19.9 Å². The van der Waals surface area contributed by atoms with Crippen LogP contribution in [0.4, 0.5) is 10.5 Å². The van der Waals surface area contributed by atoms with Crippen LogP contribution in [0.3, 0.4) is 0 Å². The Labute approximate surface area is 125 Å². The topological polar surface area (TPSA) is 59.6 Å².